The zero-order valence-corrected chi connectivity index (χ0v) is 14.0. The number of nitro benzene ring substituents is 1. The number of aromatic nitrogens is 4. The van der Waals surface area contributed by atoms with E-state index in [9.17, 15) is 15.4 Å². The fourth-order valence-electron chi connectivity index (χ4n) is 2.61. The number of ether oxygens (including phenoxy) is 1. The fraction of sp³-hybridized carbons (Fsp3) is 0.333. The summed E-state index contributed by atoms with van der Waals surface area (Å²) in [6.45, 7) is 3.94. The van der Waals surface area contributed by atoms with E-state index in [0.29, 0.717) is 43.2 Å². The van der Waals surface area contributed by atoms with E-state index in [1.807, 2.05) is 11.0 Å². The molecule has 0 aliphatic carbocycles. The number of morpholine rings is 1. The molecule has 0 atom stereocenters. The van der Waals surface area contributed by atoms with Crippen LogP contribution in [0.2, 0.25) is 0 Å². The van der Waals surface area contributed by atoms with Crippen molar-refractivity contribution < 1.29 is 9.66 Å². The Morgan fingerprint density at radius 3 is 2.88 bits per heavy atom. The van der Waals surface area contributed by atoms with Crippen molar-refractivity contribution in [1.29, 1.82) is 5.26 Å². The molecule has 1 aliphatic heterocycles. The van der Waals surface area contributed by atoms with E-state index in [2.05, 4.69) is 25.9 Å². The third kappa shape index (κ3) is 3.60. The zero-order valence-electron chi connectivity index (χ0n) is 14.0. The Labute approximate surface area is 148 Å². The van der Waals surface area contributed by atoms with Gasteiger partial charge in [0.2, 0.25) is 5.82 Å². The number of nitrogens with zero attached hydrogens (tertiary/aromatic N) is 6. The maximum absolute atomic E-state index is 11.4. The highest BCUT2D eigenvalue weighted by Gasteiger charge is 2.23. The van der Waals surface area contributed by atoms with Gasteiger partial charge in [-0.15, -0.1) is 10.2 Å². The molecule has 1 fully saturated rings. The molecule has 26 heavy (non-hydrogen) atoms. The van der Waals surface area contributed by atoms with Crippen LogP contribution in [0.25, 0.3) is 5.57 Å². The first-order valence-electron chi connectivity index (χ1n) is 7.82. The molecular weight excluding hydrogens is 340 g/mol. The number of aromatic amines is 1. The van der Waals surface area contributed by atoms with Crippen LogP contribution in [0.5, 0.6) is 0 Å². The van der Waals surface area contributed by atoms with Crippen LogP contribution < -0.4 is 10.2 Å². The second-order valence-corrected chi connectivity index (χ2v) is 5.56. The molecule has 0 spiro atoms. The van der Waals surface area contributed by atoms with Gasteiger partial charge in [-0.3, -0.25) is 10.1 Å². The summed E-state index contributed by atoms with van der Waals surface area (Å²) >= 11 is 0. The van der Waals surface area contributed by atoms with Gasteiger partial charge in [0.15, 0.2) is 0 Å². The summed E-state index contributed by atoms with van der Waals surface area (Å²) in [5.74, 6) is 0.160. The molecule has 1 aromatic carbocycles. The number of benzene rings is 1. The van der Waals surface area contributed by atoms with Crippen molar-refractivity contribution in [2.24, 2.45) is 0 Å². The van der Waals surface area contributed by atoms with Gasteiger partial charge in [0.1, 0.15) is 17.3 Å². The van der Waals surface area contributed by atoms with E-state index < -0.39 is 4.92 Å². The molecule has 2 N–H and O–H groups in total. The van der Waals surface area contributed by atoms with E-state index >= 15 is 0 Å². The largest absolute Gasteiger partial charge is 0.378 e. The number of nitrogens with one attached hydrogen (secondary N) is 2. The molecule has 3 rings (SSSR count). The first-order chi connectivity index (χ1) is 12.6. The van der Waals surface area contributed by atoms with Crippen LogP contribution in [0.4, 0.5) is 17.1 Å². The normalized spacial score (nSPS) is 14.8. The van der Waals surface area contributed by atoms with Gasteiger partial charge in [-0.1, -0.05) is 0 Å². The number of hydrogen-bond donors (Lipinski definition) is 2. The van der Waals surface area contributed by atoms with Gasteiger partial charge in [0, 0.05) is 31.0 Å². The van der Waals surface area contributed by atoms with Crippen molar-refractivity contribution in [2.45, 2.75) is 6.92 Å². The number of anilines is 2. The second-order valence-electron chi connectivity index (χ2n) is 5.56. The summed E-state index contributed by atoms with van der Waals surface area (Å²) < 4.78 is 5.31. The van der Waals surface area contributed by atoms with Gasteiger partial charge in [0.05, 0.1) is 18.1 Å². The Bertz CT molecular complexity index is 866. The van der Waals surface area contributed by atoms with Gasteiger partial charge in [-0.25, -0.2) is 0 Å². The highest BCUT2D eigenvalue weighted by molar-refractivity contribution is 5.77. The summed E-state index contributed by atoms with van der Waals surface area (Å²) in [5.41, 5.74) is 2.06. The minimum atomic E-state index is -0.391. The molecule has 0 radical (unpaired) electrons. The van der Waals surface area contributed by atoms with Gasteiger partial charge in [-0.2, -0.15) is 10.5 Å². The summed E-state index contributed by atoms with van der Waals surface area (Å²) in [6.07, 6.45) is 1.45. The van der Waals surface area contributed by atoms with E-state index in [1.54, 1.807) is 13.0 Å². The molecule has 134 valence electrons. The molecule has 11 nitrogen and oxygen atoms in total. The third-order valence-electron chi connectivity index (χ3n) is 3.95. The van der Waals surface area contributed by atoms with E-state index in [4.69, 9.17) is 4.74 Å². The Morgan fingerprint density at radius 2 is 2.27 bits per heavy atom. The SMILES string of the molecule is Cc1cc([N+](=O)[O-])c(N2CCOCC2)cc1NC=C(C#N)c1nn[nH]n1. The van der Waals surface area contributed by atoms with Crippen molar-refractivity contribution in [2.75, 3.05) is 36.5 Å². The van der Waals surface area contributed by atoms with Crippen LogP contribution in [0.1, 0.15) is 11.4 Å². The number of hydrogen-bond acceptors (Lipinski definition) is 9. The quantitative estimate of drug-likeness (QED) is 0.458. The number of allylic oxidation sites excluding steroid dienone is 1. The molecule has 0 saturated carbocycles. The van der Waals surface area contributed by atoms with Crippen LogP contribution in [0.3, 0.4) is 0 Å². The molecule has 2 heterocycles. The minimum absolute atomic E-state index is 0.0394. The average molecular weight is 356 g/mol. The Morgan fingerprint density at radius 1 is 1.50 bits per heavy atom. The number of tetrazole rings is 1. The van der Waals surface area contributed by atoms with Crippen LogP contribution in [0, 0.1) is 28.4 Å². The fourth-order valence-corrected chi connectivity index (χ4v) is 2.61. The molecule has 1 saturated heterocycles. The van der Waals surface area contributed by atoms with Crippen molar-refractivity contribution in [3.05, 3.63) is 39.8 Å². The summed E-state index contributed by atoms with van der Waals surface area (Å²) in [6, 6.07) is 5.20. The lowest BCUT2D eigenvalue weighted by Crippen LogP contribution is -2.36. The van der Waals surface area contributed by atoms with Crippen molar-refractivity contribution >= 4 is 22.6 Å². The molecule has 1 aromatic heterocycles. The molecule has 0 unspecified atom stereocenters. The molecule has 0 amide bonds. The van der Waals surface area contributed by atoms with Gasteiger partial charge >= 0.3 is 0 Å². The molecule has 0 bridgehead atoms. The topological polar surface area (TPSA) is 146 Å². The van der Waals surface area contributed by atoms with E-state index in [1.165, 1.54) is 12.3 Å². The summed E-state index contributed by atoms with van der Waals surface area (Å²) in [7, 11) is 0. The molecule has 11 heteroatoms. The maximum atomic E-state index is 11.4. The van der Waals surface area contributed by atoms with Crippen LogP contribution >= 0.6 is 0 Å². The second kappa shape index (κ2) is 7.58. The smallest absolute Gasteiger partial charge is 0.292 e. The van der Waals surface area contributed by atoms with Crippen LogP contribution in [-0.4, -0.2) is 51.9 Å². The highest BCUT2D eigenvalue weighted by atomic mass is 16.6. The predicted octanol–water partition coefficient (Wildman–Crippen LogP) is 1.23. The number of H-pyrrole nitrogens is 1. The van der Waals surface area contributed by atoms with Crippen LogP contribution in [0.15, 0.2) is 18.3 Å². The summed E-state index contributed by atoms with van der Waals surface area (Å²) in [5, 5.41) is 36.9. The number of nitriles is 1. The van der Waals surface area contributed by atoms with E-state index in [0.717, 1.165) is 0 Å². The lowest BCUT2D eigenvalue weighted by molar-refractivity contribution is -0.384. The van der Waals surface area contributed by atoms with Crippen molar-refractivity contribution in [3.63, 3.8) is 0 Å². The molecule has 1 aliphatic rings. The lowest BCUT2D eigenvalue weighted by atomic mass is 10.1. The maximum Gasteiger partial charge on any atom is 0.292 e. The number of rotatable bonds is 5. The van der Waals surface area contributed by atoms with E-state index in [-0.39, 0.29) is 17.1 Å². The lowest BCUT2D eigenvalue weighted by Gasteiger charge is -2.29. The average Bonchev–Trinajstić information content (AvgIpc) is 3.18. The number of aryl methyl sites for hydroxylation is 1. The Kier molecular flexibility index (Phi) is 5.04. The van der Waals surface area contributed by atoms with Gasteiger partial charge in [0.25, 0.3) is 5.69 Å². The first kappa shape index (κ1) is 17.3. The number of nitro groups is 1. The molecule has 2 aromatic rings. The van der Waals surface area contributed by atoms with Gasteiger partial charge in [-0.05, 0) is 23.8 Å². The highest BCUT2D eigenvalue weighted by Crippen LogP contribution is 2.34. The predicted molar refractivity (Wildman–Crippen MR) is 92.3 cm³/mol. The Balaban J connectivity index is 1.94. The standard InChI is InChI=1S/C15H16N8O3/c1-10-6-14(23(24)25)13(22-2-4-26-5-3-22)7-12(10)17-9-11(8-16)15-18-20-21-19-15/h6-7,9,17H,2-5H2,1H3,(H,18,19,20,21). The first-order valence-corrected chi connectivity index (χ1v) is 7.82. The van der Waals surface area contributed by atoms with Crippen LogP contribution in [-0.2, 0) is 4.74 Å². The summed E-state index contributed by atoms with van der Waals surface area (Å²) in [4.78, 5) is 13.0. The third-order valence-corrected chi connectivity index (χ3v) is 3.95. The van der Waals surface area contributed by atoms with Crippen molar-refractivity contribution in [3.8, 4) is 6.07 Å². The zero-order chi connectivity index (χ0) is 18.5. The Hall–Kier alpha value is -3.52. The van der Waals surface area contributed by atoms with Crippen molar-refractivity contribution in [1.82, 2.24) is 20.6 Å². The van der Waals surface area contributed by atoms with Gasteiger partial charge < -0.3 is 15.0 Å². The molecular formula is C15H16N8O3. The minimum Gasteiger partial charge on any atom is -0.378 e. The monoisotopic (exact) mass is 356 g/mol.